The summed E-state index contributed by atoms with van der Waals surface area (Å²) >= 11 is 0. The lowest BCUT2D eigenvalue weighted by molar-refractivity contribution is 0.560. The summed E-state index contributed by atoms with van der Waals surface area (Å²) in [7, 11) is 0. The van der Waals surface area contributed by atoms with Gasteiger partial charge in [-0.05, 0) is 23.6 Å². The van der Waals surface area contributed by atoms with Gasteiger partial charge in [0.15, 0.2) is 0 Å². The zero-order valence-electron chi connectivity index (χ0n) is 9.70. The largest absolute Gasteiger partial charge is 0.472 e. The topological polar surface area (TPSA) is 37.2 Å². The average Bonchev–Trinajstić information content (AvgIpc) is 2.99. The second kappa shape index (κ2) is 4.63. The minimum Gasteiger partial charge on any atom is -0.472 e. The van der Waals surface area contributed by atoms with E-state index in [-0.39, 0.29) is 0 Å². The van der Waals surface area contributed by atoms with Gasteiger partial charge in [-0.3, -0.25) is 0 Å². The lowest BCUT2D eigenvalue weighted by Gasteiger charge is -2.09. The molecule has 0 spiro atoms. The predicted molar refractivity (Wildman–Crippen MR) is 67.9 cm³/mol. The standard InChI is InChI=1S/C14H16N2O/c1-2-12-4-6-16-14(12)13(3-1)9-15-8-11-5-7-17-10-11/h1-3,5,7,10,15-16H,4,6,8-9H2. The Kier molecular flexibility index (Phi) is 2.84. The molecule has 0 radical (unpaired) electrons. The number of benzene rings is 1. The maximum absolute atomic E-state index is 5.04. The number of hydrogen-bond acceptors (Lipinski definition) is 3. The Morgan fingerprint density at radius 2 is 2.24 bits per heavy atom. The fourth-order valence-electron chi connectivity index (χ4n) is 2.29. The lowest BCUT2D eigenvalue weighted by Crippen LogP contribution is -2.13. The van der Waals surface area contributed by atoms with Gasteiger partial charge in [0.2, 0.25) is 0 Å². The van der Waals surface area contributed by atoms with Gasteiger partial charge < -0.3 is 15.1 Å². The second-order valence-corrected chi connectivity index (χ2v) is 4.36. The van der Waals surface area contributed by atoms with Crippen molar-refractivity contribution in [2.45, 2.75) is 19.5 Å². The Labute approximate surface area is 101 Å². The Morgan fingerprint density at radius 1 is 1.24 bits per heavy atom. The summed E-state index contributed by atoms with van der Waals surface area (Å²) < 4.78 is 5.04. The summed E-state index contributed by atoms with van der Waals surface area (Å²) in [5.74, 6) is 0. The molecule has 2 N–H and O–H groups in total. The summed E-state index contributed by atoms with van der Waals surface area (Å²) in [6.45, 7) is 2.80. The van der Waals surface area contributed by atoms with Crippen molar-refractivity contribution in [2.75, 3.05) is 11.9 Å². The molecule has 0 saturated carbocycles. The first kappa shape index (κ1) is 10.4. The number of furan rings is 1. The second-order valence-electron chi connectivity index (χ2n) is 4.36. The third kappa shape index (κ3) is 2.19. The highest BCUT2D eigenvalue weighted by atomic mass is 16.3. The first-order valence-electron chi connectivity index (χ1n) is 6.00. The van der Waals surface area contributed by atoms with Gasteiger partial charge in [-0.2, -0.15) is 0 Å². The van der Waals surface area contributed by atoms with Crippen LogP contribution in [0.5, 0.6) is 0 Å². The molecule has 1 aromatic carbocycles. The van der Waals surface area contributed by atoms with Crippen LogP contribution in [0.1, 0.15) is 16.7 Å². The normalized spacial score (nSPS) is 13.4. The van der Waals surface area contributed by atoms with Crippen molar-refractivity contribution < 1.29 is 4.42 Å². The van der Waals surface area contributed by atoms with Crippen LogP contribution in [0.4, 0.5) is 5.69 Å². The van der Waals surface area contributed by atoms with Gasteiger partial charge in [0.25, 0.3) is 0 Å². The van der Waals surface area contributed by atoms with E-state index in [0.717, 1.165) is 26.1 Å². The molecule has 3 nitrogen and oxygen atoms in total. The highest BCUT2D eigenvalue weighted by Crippen LogP contribution is 2.26. The van der Waals surface area contributed by atoms with E-state index in [0.29, 0.717) is 0 Å². The van der Waals surface area contributed by atoms with Crippen LogP contribution in [-0.4, -0.2) is 6.54 Å². The Hall–Kier alpha value is -1.74. The minimum atomic E-state index is 0.847. The van der Waals surface area contributed by atoms with Crippen molar-refractivity contribution >= 4 is 5.69 Å². The van der Waals surface area contributed by atoms with Gasteiger partial charge in [0, 0.05) is 30.9 Å². The van der Waals surface area contributed by atoms with Gasteiger partial charge in [0.05, 0.1) is 12.5 Å². The highest BCUT2D eigenvalue weighted by Gasteiger charge is 2.12. The van der Waals surface area contributed by atoms with Gasteiger partial charge in [0.1, 0.15) is 0 Å². The van der Waals surface area contributed by atoms with E-state index in [1.807, 2.05) is 6.07 Å². The van der Waals surface area contributed by atoms with Crippen molar-refractivity contribution in [2.24, 2.45) is 0 Å². The van der Waals surface area contributed by atoms with Crippen molar-refractivity contribution in [3.63, 3.8) is 0 Å². The summed E-state index contributed by atoms with van der Waals surface area (Å²) in [5.41, 5.74) is 5.30. The molecule has 88 valence electrons. The van der Waals surface area contributed by atoms with E-state index in [1.54, 1.807) is 12.5 Å². The van der Waals surface area contributed by atoms with Crippen LogP contribution in [0.15, 0.2) is 41.2 Å². The molecule has 1 aliphatic rings. The van der Waals surface area contributed by atoms with Gasteiger partial charge in [-0.25, -0.2) is 0 Å². The Bertz CT molecular complexity index is 491. The molecule has 1 aliphatic heterocycles. The molecule has 0 atom stereocenters. The van der Waals surface area contributed by atoms with Crippen LogP contribution in [0, 0.1) is 0 Å². The maximum atomic E-state index is 5.04. The molecule has 0 saturated heterocycles. The zero-order valence-corrected chi connectivity index (χ0v) is 9.70. The van der Waals surface area contributed by atoms with E-state index >= 15 is 0 Å². The number of rotatable bonds is 4. The highest BCUT2D eigenvalue weighted by molar-refractivity contribution is 5.61. The smallest absolute Gasteiger partial charge is 0.0947 e. The maximum Gasteiger partial charge on any atom is 0.0947 e. The fraction of sp³-hybridized carbons (Fsp3) is 0.286. The van der Waals surface area contributed by atoms with Gasteiger partial charge in [-0.1, -0.05) is 18.2 Å². The summed E-state index contributed by atoms with van der Waals surface area (Å²) in [6, 6.07) is 8.51. The Balaban J connectivity index is 1.64. The number of para-hydroxylation sites is 1. The van der Waals surface area contributed by atoms with Gasteiger partial charge in [-0.15, -0.1) is 0 Å². The molecule has 1 aromatic heterocycles. The van der Waals surface area contributed by atoms with Crippen molar-refractivity contribution in [3.05, 3.63) is 53.5 Å². The predicted octanol–water partition coefficient (Wildman–Crippen LogP) is 2.54. The molecule has 0 fully saturated rings. The van der Waals surface area contributed by atoms with Crippen LogP contribution in [0.3, 0.4) is 0 Å². The number of fused-ring (bicyclic) bond motifs is 1. The van der Waals surface area contributed by atoms with E-state index in [1.165, 1.54) is 22.4 Å². The first-order valence-corrected chi connectivity index (χ1v) is 6.00. The third-order valence-electron chi connectivity index (χ3n) is 3.16. The molecule has 3 rings (SSSR count). The SMILES string of the molecule is c1cc2c(c(CNCc3ccoc3)c1)NCC2. The Morgan fingerprint density at radius 3 is 3.12 bits per heavy atom. The first-order chi connectivity index (χ1) is 8.43. The third-order valence-corrected chi connectivity index (χ3v) is 3.16. The van der Waals surface area contributed by atoms with E-state index in [2.05, 4.69) is 28.8 Å². The summed E-state index contributed by atoms with van der Waals surface area (Å²) in [6.07, 6.45) is 4.63. The fourth-order valence-corrected chi connectivity index (χ4v) is 2.29. The molecule has 3 heteroatoms. The molecule has 17 heavy (non-hydrogen) atoms. The van der Waals surface area contributed by atoms with E-state index in [9.17, 15) is 0 Å². The van der Waals surface area contributed by atoms with Crippen molar-refractivity contribution in [1.82, 2.24) is 5.32 Å². The summed E-state index contributed by atoms with van der Waals surface area (Å²) in [5, 5.41) is 6.89. The lowest BCUT2D eigenvalue weighted by atomic mass is 10.1. The van der Waals surface area contributed by atoms with Gasteiger partial charge >= 0.3 is 0 Å². The summed E-state index contributed by atoms with van der Waals surface area (Å²) in [4.78, 5) is 0. The van der Waals surface area contributed by atoms with Crippen LogP contribution in [0.25, 0.3) is 0 Å². The average molecular weight is 228 g/mol. The molecule has 2 heterocycles. The van der Waals surface area contributed by atoms with Crippen LogP contribution >= 0.6 is 0 Å². The van der Waals surface area contributed by atoms with Crippen LogP contribution in [-0.2, 0) is 19.5 Å². The number of anilines is 1. The number of hydrogen-bond donors (Lipinski definition) is 2. The van der Waals surface area contributed by atoms with Crippen molar-refractivity contribution in [1.29, 1.82) is 0 Å². The molecular weight excluding hydrogens is 212 g/mol. The van der Waals surface area contributed by atoms with Crippen LogP contribution in [0.2, 0.25) is 0 Å². The molecule has 2 aromatic rings. The molecule has 0 amide bonds. The molecule has 0 unspecified atom stereocenters. The van der Waals surface area contributed by atoms with Crippen LogP contribution < -0.4 is 10.6 Å². The minimum absolute atomic E-state index is 0.847. The quantitative estimate of drug-likeness (QED) is 0.844. The zero-order chi connectivity index (χ0) is 11.5. The molecule has 0 bridgehead atoms. The molecular formula is C14H16N2O. The van der Waals surface area contributed by atoms with Crippen molar-refractivity contribution in [3.8, 4) is 0 Å². The van der Waals surface area contributed by atoms with E-state index in [4.69, 9.17) is 4.42 Å². The monoisotopic (exact) mass is 228 g/mol. The number of nitrogens with one attached hydrogen (secondary N) is 2. The molecule has 0 aliphatic carbocycles. The van der Waals surface area contributed by atoms with E-state index < -0.39 is 0 Å².